The Labute approximate surface area is 248 Å². The number of amides is 1. The van der Waals surface area contributed by atoms with Gasteiger partial charge < -0.3 is 14.6 Å². The first-order chi connectivity index (χ1) is 21.1. The predicted octanol–water partition coefficient (Wildman–Crippen LogP) is 5.93. The average Bonchev–Trinajstić information content (AvgIpc) is 3.45. The molecule has 3 N–H and O–H groups in total. The van der Waals surface area contributed by atoms with Gasteiger partial charge >= 0.3 is 0 Å². The number of aliphatic imine (C=N–C) groups is 1. The number of benzene rings is 4. The maximum atomic E-state index is 13.6. The molecule has 5 rings (SSSR count). The van der Waals surface area contributed by atoms with Crippen LogP contribution in [-0.2, 0) is 22.5 Å². The lowest BCUT2D eigenvalue weighted by Crippen LogP contribution is -2.49. The molecule has 2 atom stereocenters. The predicted molar refractivity (Wildman–Crippen MR) is 162 cm³/mol. The topological polar surface area (TPSA) is 149 Å². The summed E-state index contributed by atoms with van der Waals surface area (Å²) in [5.41, 5.74) is 14.0. The summed E-state index contributed by atoms with van der Waals surface area (Å²) in [4.78, 5) is 21.4. The van der Waals surface area contributed by atoms with Gasteiger partial charge in [0, 0.05) is 29.9 Å². The van der Waals surface area contributed by atoms with Crippen molar-refractivity contribution in [2.75, 3.05) is 13.2 Å². The van der Waals surface area contributed by atoms with Crippen LogP contribution in [0.4, 0.5) is 0 Å². The number of carbonyl (C=O) groups is 1. The summed E-state index contributed by atoms with van der Waals surface area (Å²) in [6.07, 6.45) is -0.317. The molecule has 0 radical (unpaired) electrons. The zero-order chi connectivity index (χ0) is 30.1. The maximum absolute atomic E-state index is 13.6. The third-order valence-corrected chi connectivity index (χ3v) is 7.33. The van der Waals surface area contributed by atoms with Gasteiger partial charge in [0.1, 0.15) is 5.75 Å². The molecule has 218 valence electrons. The number of aliphatic hydroxyl groups excluding tert-OH is 1. The largest absolute Gasteiger partial charge is 0.494 e. The summed E-state index contributed by atoms with van der Waals surface area (Å²) in [5.74, 6) is 0.118. The zero-order valence-corrected chi connectivity index (χ0v) is 23.3. The van der Waals surface area contributed by atoms with Crippen LogP contribution in [0.5, 0.6) is 5.75 Å². The van der Waals surface area contributed by atoms with E-state index in [9.17, 15) is 10.0 Å². The summed E-state index contributed by atoms with van der Waals surface area (Å²) < 4.78 is 12.1. The van der Waals surface area contributed by atoms with Crippen LogP contribution in [0.3, 0.4) is 0 Å². The molecule has 1 amide bonds. The molecule has 0 fully saturated rings. The Morgan fingerprint density at radius 1 is 0.930 bits per heavy atom. The SMILES string of the molecule is [N-]=[N+]=NCc1ccccc1C[C@]1(C(=O)NO)N=C(c2ccc(OCCCO)cc2)O[C@H]1c1ccc(-c2ccccc2)cc1. The molecular formula is C33H31N5O5. The van der Waals surface area contributed by atoms with E-state index < -0.39 is 17.6 Å². The standard InChI is InChI=1S/C33H31N5O5/c34-38-35-22-28-10-5-4-9-27(28)21-33(32(40)37-41)30(25-13-11-24(12-14-25)23-7-2-1-3-8-23)43-31(36-33)26-15-17-29(18-16-26)42-20-6-19-39/h1-5,7-18,30,39,41H,6,19-22H2,(H,37,40)/t30-,33-/m0/s1. The van der Waals surface area contributed by atoms with Gasteiger partial charge in [0.25, 0.3) is 5.91 Å². The van der Waals surface area contributed by atoms with E-state index in [1.54, 1.807) is 24.3 Å². The molecule has 10 nitrogen and oxygen atoms in total. The van der Waals surface area contributed by atoms with Crippen molar-refractivity contribution in [3.63, 3.8) is 0 Å². The fourth-order valence-corrected chi connectivity index (χ4v) is 5.14. The van der Waals surface area contributed by atoms with E-state index in [4.69, 9.17) is 25.1 Å². The Kier molecular flexibility index (Phi) is 9.33. The van der Waals surface area contributed by atoms with Crippen LogP contribution >= 0.6 is 0 Å². The number of rotatable bonds is 12. The lowest BCUT2D eigenvalue weighted by atomic mass is 9.81. The monoisotopic (exact) mass is 577 g/mol. The summed E-state index contributed by atoms with van der Waals surface area (Å²) in [6, 6.07) is 32.1. The molecule has 1 aliphatic heterocycles. The van der Waals surface area contributed by atoms with Gasteiger partial charge in [-0.1, -0.05) is 84.0 Å². The molecule has 0 aromatic heterocycles. The third kappa shape index (κ3) is 6.52. The molecule has 0 saturated heterocycles. The molecule has 0 bridgehead atoms. The van der Waals surface area contributed by atoms with Gasteiger partial charge in [-0.05, 0) is 57.6 Å². The third-order valence-electron chi connectivity index (χ3n) is 7.33. The fourth-order valence-electron chi connectivity index (χ4n) is 5.14. The van der Waals surface area contributed by atoms with Crippen LogP contribution in [0, 0.1) is 0 Å². The first-order valence-corrected chi connectivity index (χ1v) is 13.9. The van der Waals surface area contributed by atoms with Crippen LogP contribution in [0.1, 0.15) is 34.8 Å². The van der Waals surface area contributed by atoms with Crippen LogP contribution in [0.25, 0.3) is 21.6 Å². The van der Waals surface area contributed by atoms with Crippen molar-refractivity contribution in [3.8, 4) is 16.9 Å². The Bertz CT molecular complexity index is 1620. The molecule has 0 spiro atoms. The molecule has 10 heteroatoms. The lowest BCUT2D eigenvalue weighted by molar-refractivity contribution is -0.137. The fraction of sp³-hybridized carbons (Fsp3) is 0.212. The minimum absolute atomic E-state index is 0.0391. The number of carbonyl (C=O) groups excluding carboxylic acids is 1. The van der Waals surface area contributed by atoms with Crippen molar-refractivity contribution in [1.82, 2.24) is 5.48 Å². The van der Waals surface area contributed by atoms with Crippen LogP contribution in [0.2, 0.25) is 0 Å². The van der Waals surface area contributed by atoms with Crippen molar-refractivity contribution in [2.24, 2.45) is 10.1 Å². The summed E-state index contributed by atoms with van der Waals surface area (Å²) in [7, 11) is 0. The second-order valence-electron chi connectivity index (χ2n) is 10.1. The molecule has 0 unspecified atom stereocenters. The van der Waals surface area contributed by atoms with Crippen molar-refractivity contribution < 1.29 is 24.6 Å². The first-order valence-electron chi connectivity index (χ1n) is 13.9. The van der Waals surface area contributed by atoms with Gasteiger partial charge in [0.05, 0.1) is 13.2 Å². The van der Waals surface area contributed by atoms with Crippen LogP contribution < -0.4 is 10.2 Å². The summed E-state index contributed by atoms with van der Waals surface area (Å²) in [5, 5.41) is 22.7. The number of nitrogens with zero attached hydrogens (tertiary/aromatic N) is 4. The number of hydrogen-bond acceptors (Lipinski definition) is 7. The van der Waals surface area contributed by atoms with Crippen molar-refractivity contribution in [1.29, 1.82) is 0 Å². The Morgan fingerprint density at radius 3 is 2.26 bits per heavy atom. The summed E-state index contributed by atoms with van der Waals surface area (Å²) >= 11 is 0. The molecule has 4 aromatic rings. The van der Waals surface area contributed by atoms with Crippen LogP contribution in [0.15, 0.2) is 113 Å². The molecule has 43 heavy (non-hydrogen) atoms. The van der Waals surface area contributed by atoms with Crippen molar-refractivity contribution >= 4 is 11.8 Å². The second kappa shape index (κ2) is 13.7. The number of nitrogens with one attached hydrogen (secondary N) is 1. The van der Waals surface area contributed by atoms with E-state index in [2.05, 4.69) is 10.0 Å². The quantitative estimate of drug-likeness (QED) is 0.0476. The first kappa shape index (κ1) is 29.3. The van der Waals surface area contributed by atoms with E-state index in [0.29, 0.717) is 29.9 Å². The van der Waals surface area contributed by atoms with E-state index in [0.717, 1.165) is 22.3 Å². The summed E-state index contributed by atoms with van der Waals surface area (Å²) in [6.45, 7) is 0.510. The highest BCUT2D eigenvalue weighted by molar-refractivity contribution is 6.01. The van der Waals surface area contributed by atoms with Gasteiger partial charge in [-0.15, -0.1) is 0 Å². The minimum Gasteiger partial charge on any atom is -0.494 e. The van der Waals surface area contributed by atoms with E-state index in [1.165, 1.54) is 0 Å². The zero-order valence-electron chi connectivity index (χ0n) is 23.3. The number of azide groups is 1. The molecule has 1 aliphatic rings. The van der Waals surface area contributed by atoms with Gasteiger partial charge in [-0.25, -0.2) is 10.5 Å². The van der Waals surface area contributed by atoms with E-state index in [-0.39, 0.29) is 25.5 Å². The van der Waals surface area contributed by atoms with Gasteiger partial charge in [-0.2, -0.15) is 0 Å². The van der Waals surface area contributed by atoms with Crippen molar-refractivity contribution in [3.05, 3.63) is 136 Å². The average molecular weight is 578 g/mol. The molecule has 0 aliphatic carbocycles. The molecule has 0 saturated carbocycles. The minimum atomic E-state index is -1.60. The van der Waals surface area contributed by atoms with Gasteiger partial charge in [-0.3, -0.25) is 10.0 Å². The Balaban J connectivity index is 1.57. The van der Waals surface area contributed by atoms with Crippen molar-refractivity contribution in [2.45, 2.75) is 31.0 Å². The highest BCUT2D eigenvalue weighted by Crippen LogP contribution is 2.43. The van der Waals surface area contributed by atoms with Gasteiger partial charge in [0.2, 0.25) is 5.90 Å². The number of ether oxygens (including phenoxy) is 2. The molecular weight excluding hydrogens is 546 g/mol. The number of hydrogen-bond donors (Lipinski definition) is 3. The van der Waals surface area contributed by atoms with Gasteiger partial charge in [0.15, 0.2) is 11.6 Å². The highest BCUT2D eigenvalue weighted by atomic mass is 16.5. The van der Waals surface area contributed by atoms with Crippen LogP contribution in [-0.4, -0.2) is 40.9 Å². The normalized spacial score (nSPS) is 17.3. The number of hydroxylamine groups is 1. The van der Waals surface area contributed by atoms with E-state index >= 15 is 0 Å². The molecule has 1 heterocycles. The Morgan fingerprint density at radius 2 is 1.58 bits per heavy atom. The highest BCUT2D eigenvalue weighted by Gasteiger charge is 2.53. The second-order valence-corrected chi connectivity index (χ2v) is 10.1. The number of aliphatic hydroxyl groups is 1. The maximum Gasteiger partial charge on any atom is 0.275 e. The smallest absolute Gasteiger partial charge is 0.275 e. The molecule has 4 aromatic carbocycles. The van der Waals surface area contributed by atoms with E-state index in [1.807, 2.05) is 84.3 Å². The Hall–Kier alpha value is -5.15. The lowest BCUT2D eigenvalue weighted by Gasteiger charge is -2.30.